The highest BCUT2D eigenvalue weighted by atomic mass is 16.6. The van der Waals surface area contributed by atoms with Crippen LogP contribution in [-0.2, 0) is 5.41 Å². The van der Waals surface area contributed by atoms with E-state index in [1.807, 2.05) is 30.3 Å². The number of ether oxygens (including phenoxy) is 2. The Bertz CT molecular complexity index is 2970. The second-order valence-electron chi connectivity index (χ2n) is 15.0. The summed E-state index contributed by atoms with van der Waals surface area (Å²) in [6.45, 7) is 0. The van der Waals surface area contributed by atoms with E-state index in [0.717, 1.165) is 73.3 Å². The molecule has 12 rings (SSSR count). The first-order valence-corrected chi connectivity index (χ1v) is 19.4. The van der Waals surface area contributed by atoms with Crippen molar-refractivity contribution in [1.29, 1.82) is 0 Å². The first-order valence-electron chi connectivity index (χ1n) is 19.4. The number of aromatic nitrogens is 1. The molecular weight excluding hydrogens is 695 g/mol. The van der Waals surface area contributed by atoms with Crippen LogP contribution in [0.4, 0.5) is 0 Å². The van der Waals surface area contributed by atoms with Gasteiger partial charge in [0, 0.05) is 11.1 Å². The Balaban J connectivity index is 1.05. The highest BCUT2D eigenvalue weighted by Gasteiger charge is 2.52. The summed E-state index contributed by atoms with van der Waals surface area (Å²) in [7, 11) is 0. The number of para-hydroxylation sites is 2. The van der Waals surface area contributed by atoms with Crippen molar-refractivity contribution in [1.82, 2.24) is 4.98 Å². The smallest absolute Gasteiger partial charge is 0.170 e. The molecule has 0 saturated heterocycles. The molecule has 1 aromatic heterocycles. The van der Waals surface area contributed by atoms with Gasteiger partial charge in [0.25, 0.3) is 0 Å². The molecule has 1 spiro atoms. The molecule has 0 atom stereocenters. The summed E-state index contributed by atoms with van der Waals surface area (Å²) in [6, 6.07) is 71.3. The van der Waals surface area contributed by atoms with Crippen molar-refractivity contribution in [3.05, 3.63) is 222 Å². The zero-order valence-electron chi connectivity index (χ0n) is 30.8. The third-order valence-corrected chi connectivity index (χ3v) is 11.9. The van der Waals surface area contributed by atoms with Crippen LogP contribution in [0, 0.1) is 0 Å². The summed E-state index contributed by atoms with van der Waals surface area (Å²) >= 11 is 0. The predicted molar refractivity (Wildman–Crippen MR) is 229 cm³/mol. The largest absolute Gasteiger partial charge is 0.450 e. The van der Waals surface area contributed by atoms with Gasteiger partial charge in [0.15, 0.2) is 23.0 Å². The lowest BCUT2D eigenvalue weighted by molar-refractivity contribution is 0.359. The molecule has 0 N–H and O–H groups in total. The molecule has 3 nitrogen and oxygen atoms in total. The zero-order chi connectivity index (χ0) is 37.5. The molecule has 0 fully saturated rings. The van der Waals surface area contributed by atoms with Crippen molar-refractivity contribution in [3.63, 3.8) is 0 Å². The van der Waals surface area contributed by atoms with Crippen LogP contribution in [0.15, 0.2) is 200 Å². The van der Waals surface area contributed by atoms with E-state index < -0.39 is 5.41 Å². The minimum Gasteiger partial charge on any atom is -0.450 e. The SMILES string of the molecule is c1ccc(-c2cc(-c3ccccc3)nc(-c3cccc(-c4ccc5c(c4)C4(c6ccccc6-c6ccccc64)c4cc6c(cc4-5)Oc4ccccc4O6)c3)c2)cc1. The molecule has 3 heteroatoms. The fourth-order valence-electron chi connectivity index (χ4n) is 9.43. The molecule has 3 aliphatic rings. The number of nitrogens with zero attached hydrogens (tertiary/aromatic N) is 1. The van der Waals surface area contributed by atoms with Gasteiger partial charge in [-0.1, -0.05) is 152 Å². The fraction of sp³-hybridized carbons (Fsp3) is 0.0185. The summed E-state index contributed by atoms with van der Waals surface area (Å²) < 4.78 is 13.1. The van der Waals surface area contributed by atoms with Gasteiger partial charge in [-0.05, 0) is 115 Å². The highest BCUT2D eigenvalue weighted by molar-refractivity contribution is 5.97. The lowest BCUT2D eigenvalue weighted by atomic mass is 9.70. The molecule has 1 aliphatic heterocycles. The zero-order valence-corrected chi connectivity index (χ0v) is 30.8. The van der Waals surface area contributed by atoms with Crippen LogP contribution in [0.3, 0.4) is 0 Å². The summed E-state index contributed by atoms with van der Waals surface area (Å²) in [5.74, 6) is 2.91. The third kappa shape index (κ3) is 4.76. The average Bonchev–Trinajstić information content (AvgIpc) is 3.74. The Morgan fingerprint density at radius 2 is 0.789 bits per heavy atom. The van der Waals surface area contributed by atoms with Gasteiger partial charge in [-0.2, -0.15) is 0 Å². The van der Waals surface area contributed by atoms with E-state index in [-0.39, 0.29) is 0 Å². The maximum atomic E-state index is 6.57. The Kier molecular flexibility index (Phi) is 6.84. The molecule has 0 unspecified atom stereocenters. The Hall–Kier alpha value is -7.49. The average molecular weight is 728 g/mol. The van der Waals surface area contributed by atoms with Gasteiger partial charge in [-0.15, -0.1) is 0 Å². The van der Waals surface area contributed by atoms with Crippen LogP contribution in [0.1, 0.15) is 22.3 Å². The van der Waals surface area contributed by atoms with Gasteiger partial charge in [0.05, 0.1) is 16.8 Å². The molecule has 0 radical (unpaired) electrons. The molecule has 9 aromatic rings. The van der Waals surface area contributed by atoms with Crippen molar-refractivity contribution in [3.8, 4) is 90.0 Å². The molecule has 0 bridgehead atoms. The van der Waals surface area contributed by atoms with Crippen LogP contribution >= 0.6 is 0 Å². The van der Waals surface area contributed by atoms with Gasteiger partial charge < -0.3 is 9.47 Å². The maximum Gasteiger partial charge on any atom is 0.170 e. The minimum absolute atomic E-state index is 0.545. The molecule has 57 heavy (non-hydrogen) atoms. The first-order chi connectivity index (χ1) is 28.2. The van der Waals surface area contributed by atoms with Crippen molar-refractivity contribution < 1.29 is 9.47 Å². The van der Waals surface area contributed by atoms with E-state index >= 15 is 0 Å². The molecule has 8 aromatic carbocycles. The van der Waals surface area contributed by atoms with Gasteiger partial charge in [0.1, 0.15) is 0 Å². The summed E-state index contributed by atoms with van der Waals surface area (Å²) in [5, 5.41) is 0. The predicted octanol–water partition coefficient (Wildman–Crippen LogP) is 14.0. The molecule has 2 heterocycles. The second kappa shape index (κ2) is 12.3. The normalized spacial score (nSPS) is 13.3. The number of hydrogen-bond acceptors (Lipinski definition) is 3. The van der Waals surface area contributed by atoms with Crippen molar-refractivity contribution >= 4 is 0 Å². The molecule has 266 valence electrons. The van der Waals surface area contributed by atoms with E-state index in [2.05, 4.69) is 170 Å². The number of rotatable bonds is 4. The first kappa shape index (κ1) is 31.8. The maximum absolute atomic E-state index is 6.57. The lowest BCUT2D eigenvalue weighted by Crippen LogP contribution is -2.26. The summed E-state index contributed by atoms with van der Waals surface area (Å²) in [5.41, 5.74) is 18.0. The van der Waals surface area contributed by atoms with E-state index in [1.165, 1.54) is 38.9 Å². The minimum atomic E-state index is -0.545. The van der Waals surface area contributed by atoms with Crippen molar-refractivity contribution in [2.45, 2.75) is 5.41 Å². The van der Waals surface area contributed by atoms with Gasteiger partial charge in [0.2, 0.25) is 0 Å². The van der Waals surface area contributed by atoms with Crippen molar-refractivity contribution in [2.75, 3.05) is 0 Å². The van der Waals surface area contributed by atoms with Crippen molar-refractivity contribution in [2.24, 2.45) is 0 Å². The van der Waals surface area contributed by atoms with Crippen LogP contribution in [0.5, 0.6) is 23.0 Å². The summed E-state index contributed by atoms with van der Waals surface area (Å²) in [6.07, 6.45) is 0. The summed E-state index contributed by atoms with van der Waals surface area (Å²) in [4.78, 5) is 5.26. The lowest BCUT2D eigenvalue weighted by Gasteiger charge is -2.31. The van der Waals surface area contributed by atoms with Gasteiger partial charge in [-0.25, -0.2) is 4.98 Å². The Morgan fingerprint density at radius 1 is 0.281 bits per heavy atom. The van der Waals surface area contributed by atoms with Crippen LogP contribution in [-0.4, -0.2) is 4.98 Å². The van der Waals surface area contributed by atoms with Crippen LogP contribution < -0.4 is 9.47 Å². The number of fused-ring (bicyclic) bond motifs is 12. The van der Waals surface area contributed by atoms with Gasteiger partial charge in [-0.3, -0.25) is 0 Å². The molecule has 0 amide bonds. The van der Waals surface area contributed by atoms with E-state index in [1.54, 1.807) is 0 Å². The Labute approximate surface area is 331 Å². The topological polar surface area (TPSA) is 31.4 Å². The van der Waals surface area contributed by atoms with Gasteiger partial charge >= 0.3 is 0 Å². The second-order valence-corrected chi connectivity index (χ2v) is 15.0. The monoisotopic (exact) mass is 727 g/mol. The van der Waals surface area contributed by atoms with E-state index in [0.29, 0.717) is 0 Å². The third-order valence-electron chi connectivity index (χ3n) is 11.9. The quantitative estimate of drug-likeness (QED) is 0.181. The molecular formula is C54H33NO2. The highest BCUT2D eigenvalue weighted by Crippen LogP contribution is 2.65. The number of pyridine rings is 1. The van der Waals surface area contributed by atoms with Crippen LogP contribution in [0.2, 0.25) is 0 Å². The number of hydrogen-bond donors (Lipinski definition) is 0. The van der Waals surface area contributed by atoms with E-state index in [4.69, 9.17) is 14.5 Å². The molecule has 0 saturated carbocycles. The van der Waals surface area contributed by atoms with E-state index in [9.17, 15) is 0 Å². The standard InChI is InChI=1S/C54H33NO2/c1-3-14-34(15-4-1)39-30-48(35-16-5-2-6-17-35)55-49(31-39)38-19-13-18-36(28-38)37-26-27-42-43-32-52-53(57-51-25-12-11-24-50(51)56-52)33-47(43)54(46(42)29-37)44-22-9-7-20-40(44)41-21-8-10-23-45(41)54/h1-33H. The number of benzene rings is 8. The van der Waals surface area contributed by atoms with Crippen LogP contribution in [0.25, 0.3) is 67.0 Å². The Morgan fingerprint density at radius 3 is 1.49 bits per heavy atom. The fourth-order valence-corrected chi connectivity index (χ4v) is 9.43. The molecule has 2 aliphatic carbocycles.